The van der Waals surface area contributed by atoms with E-state index in [9.17, 15) is 15.0 Å². The third-order valence-corrected chi connectivity index (χ3v) is 3.93. The molecule has 0 bridgehead atoms. The number of ether oxygens (including phenoxy) is 2. The number of aliphatic hydroxyl groups excluding tert-OH is 1. The monoisotopic (exact) mass is 345 g/mol. The van der Waals surface area contributed by atoms with E-state index < -0.39 is 6.10 Å². The molecule has 2 aromatic carbocycles. The smallest absolute Gasteiger partial charge is 0.224 e. The average molecular weight is 345 g/mol. The molecule has 1 atom stereocenters. The molecule has 0 spiro atoms. The molecule has 0 aliphatic rings. The summed E-state index contributed by atoms with van der Waals surface area (Å²) in [5.41, 5.74) is 2.02. The molecule has 0 saturated heterocycles. The van der Waals surface area contributed by atoms with Gasteiger partial charge in [0.1, 0.15) is 17.2 Å². The van der Waals surface area contributed by atoms with Gasteiger partial charge < -0.3 is 25.0 Å². The van der Waals surface area contributed by atoms with Crippen molar-refractivity contribution in [2.24, 2.45) is 0 Å². The molecule has 0 heterocycles. The Bertz CT molecular complexity index is 745. The highest BCUT2D eigenvalue weighted by atomic mass is 16.5. The van der Waals surface area contributed by atoms with E-state index in [1.54, 1.807) is 44.4 Å². The first-order valence-electron chi connectivity index (χ1n) is 7.94. The number of nitrogens with one attached hydrogen (secondary N) is 1. The van der Waals surface area contributed by atoms with Gasteiger partial charge in [-0.1, -0.05) is 0 Å². The van der Waals surface area contributed by atoms with Crippen molar-refractivity contribution in [1.29, 1.82) is 0 Å². The Balaban J connectivity index is 1.97. The summed E-state index contributed by atoms with van der Waals surface area (Å²) in [4.78, 5) is 12.1. The van der Waals surface area contributed by atoms with Gasteiger partial charge in [-0.2, -0.15) is 0 Å². The Morgan fingerprint density at radius 2 is 1.92 bits per heavy atom. The van der Waals surface area contributed by atoms with Gasteiger partial charge in [0.25, 0.3) is 0 Å². The van der Waals surface area contributed by atoms with Gasteiger partial charge in [-0.25, -0.2) is 0 Å². The van der Waals surface area contributed by atoms with Crippen LogP contribution in [0.2, 0.25) is 0 Å². The van der Waals surface area contributed by atoms with Crippen LogP contribution < -0.4 is 14.8 Å². The number of hydrogen-bond acceptors (Lipinski definition) is 5. The number of methoxy groups -OCH3 is 2. The molecule has 0 aliphatic carbocycles. The van der Waals surface area contributed by atoms with Crippen LogP contribution in [0.5, 0.6) is 17.2 Å². The Kier molecular flexibility index (Phi) is 6.25. The molecule has 0 radical (unpaired) electrons. The lowest BCUT2D eigenvalue weighted by Crippen LogP contribution is -2.14. The SMILES string of the molecule is COc1ccc(C(O)CCC(=O)Nc2ccc(O)cc2C)c(OC)c1. The summed E-state index contributed by atoms with van der Waals surface area (Å²) >= 11 is 0. The van der Waals surface area contributed by atoms with Crippen molar-refractivity contribution in [3.8, 4) is 17.2 Å². The summed E-state index contributed by atoms with van der Waals surface area (Å²) in [6.45, 7) is 1.80. The molecule has 0 aliphatic heterocycles. The maximum Gasteiger partial charge on any atom is 0.224 e. The van der Waals surface area contributed by atoms with Gasteiger partial charge in [-0.05, 0) is 49.2 Å². The second-order valence-electron chi connectivity index (χ2n) is 5.71. The minimum absolute atomic E-state index is 0.149. The number of aryl methyl sites for hydroxylation is 1. The highest BCUT2D eigenvalue weighted by molar-refractivity contribution is 5.91. The fourth-order valence-electron chi connectivity index (χ4n) is 2.52. The van der Waals surface area contributed by atoms with Crippen LogP contribution in [0, 0.1) is 6.92 Å². The standard InChI is InChI=1S/C19H23NO5/c1-12-10-13(21)4-7-16(12)20-19(23)9-8-17(22)15-6-5-14(24-2)11-18(15)25-3/h4-7,10-11,17,21-22H,8-9H2,1-3H3,(H,20,23). The van der Waals surface area contributed by atoms with Crippen molar-refractivity contribution in [3.63, 3.8) is 0 Å². The number of benzene rings is 2. The van der Waals surface area contributed by atoms with Crippen LogP contribution in [0.25, 0.3) is 0 Å². The molecule has 0 fully saturated rings. The fraction of sp³-hybridized carbons (Fsp3) is 0.316. The topological polar surface area (TPSA) is 88.0 Å². The van der Waals surface area contributed by atoms with E-state index in [4.69, 9.17) is 9.47 Å². The number of rotatable bonds is 7. The number of hydrogen-bond donors (Lipinski definition) is 3. The third kappa shape index (κ3) is 4.87. The molecule has 6 heteroatoms. The zero-order valence-electron chi connectivity index (χ0n) is 14.6. The Hall–Kier alpha value is -2.73. The van der Waals surface area contributed by atoms with Crippen molar-refractivity contribution >= 4 is 11.6 Å². The second kappa shape index (κ2) is 8.39. The summed E-state index contributed by atoms with van der Waals surface area (Å²) in [7, 11) is 3.08. The van der Waals surface area contributed by atoms with E-state index in [1.165, 1.54) is 13.2 Å². The van der Waals surface area contributed by atoms with Gasteiger partial charge in [0, 0.05) is 23.7 Å². The molecule has 2 aromatic rings. The number of carbonyl (C=O) groups excluding carboxylic acids is 1. The van der Waals surface area contributed by atoms with Gasteiger partial charge in [0.2, 0.25) is 5.91 Å². The highest BCUT2D eigenvalue weighted by Crippen LogP contribution is 2.31. The lowest BCUT2D eigenvalue weighted by molar-refractivity contribution is -0.116. The summed E-state index contributed by atoms with van der Waals surface area (Å²) in [6.07, 6.45) is -0.421. The van der Waals surface area contributed by atoms with Crippen molar-refractivity contribution in [1.82, 2.24) is 0 Å². The van der Waals surface area contributed by atoms with E-state index in [0.717, 1.165) is 5.56 Å². The first-order chi connectivity index (χ1) is 11.9. The van der Waals surface area contributed by atoms with E-state index in [0.29, 0.717) is 22.7 Å². The molecule has 0 aromatic heterocycles. The van der Waals surface area contributed by atoms with Crippen molar-refractivity contribution in [2.45, 2.75) is 25.9 Å². The summed E-state index contributed by atoms with van der Waals surface area (Å²) in [6, 6.07) is 9.89. The molecule has 3 N–H and O–H groups in total. The minimum atomic E-state index is -0.826. The maximum atomic E-state index is 12.1. The number of aromatic hydroxyl groups is 1. The number of carbonyl (C=O) groups is 1. The number of amides is 1. The second-order valence-corrected chi connectivity index (χ2v) is 5.71. The van der Waals surface area contributed by atoms with Crippen molar-refractivity contribution in [2.75, 3.05) is 19.5 Å². The predicted octanol–water partition coefficient (Wildman–Crippen LogP) is 3.17. The first-order valence-corrected chi connectivity index (χ1v) is 7.94. The molecule has 25 heavy (non-hydrogen) atoms. The van der Waals surface area contributed by atoms with E-state index in [-0.39, 0.29) is 24.5 Å². The Labute approximate surface area is 147 Å². The Morgan fingerprint density at radius 1 is 1.16 bits per heavy atom. The molecule has 2 rings (SSSR count). The molecular formula is C19H23NO5. The van der Waals surface area contributed by atoms with Crippen LogP contribution in [-0.4, -0.2) is 30.3 Å². The van der Waals surface area contributed by atoms with Gasteiger partial charge >= 0.3 is 0 Å². The van der Waals surface area contributed by atoms with Crippen LogP contribution in [0.1, 0.15) is 30.1 Å². The van der Waals surface area contributed by atoms with Crippen molar-refractivity contribution in [3.05, 3.63) is 47.5 Å². The van der Waals surface area contributed by atoms with Crippen LogP contribution in [0.3, 0.4) is 0 Å². The van der Waals surface area contributed by atoms with Gasteiger partial charge in [0.15, 0.2) is 0 Å². The summed E-state index contributed by atoms with van der Waals surface area (Å²) in [5, 5.41) is 22.5. The molecule has 6 nitrogen and oxygen atoms in total. The van der Waals surface area contributed by atoms with E-state index in [2.05, 4.69) is 5.32 Å². The van der Waals surface area contributed by atoms with Crippen molar-refractivity contribution < 1.29 is 24.5 Å². The lowest BCUT2D eigenvalue weighted by atomic mass is 10.0. The zero-order valence-corrected chi connectivity index (χ0v) is 14.6. The van der Waals surface area contributed by atoms with Crippen LogP contribution in [0.4, 0.5) is 5.69 Å². The predicted molar refractivity (Wildman–Crippen MR) is 95.2 cm³/mol. The van der Waals surface area contributed by atoms with Gasteiger partial charge in [0.05, 0.1) is 20.3 Å². The highest BCUT2D eigenvalue weighted by Gasteiger charge is 2.16. The largest absolute Gasteiger partial charge is 0.508 e. The minimum Gasteiger partial charge on any atom is -0.508 e. The fourth-order valence-corrected chi connectivity index (χ4v) is 2.52. The first kappa shape index (κ1) is 18.6. The van der Waals surface area contributed by atoms with Crippen LogP contribution in [0.15, 0.2) is 36.4 Å². The molecular weight excluding hydrogens is 322 g/mol. The van der Waals surface area contributed by atoms with E-state index in [1.807, 2.05) is 0 Å². The number of anilines is 1. The lowest BCUT2D eigenvalue weighted by Gasteiger charge is -2.16. The quantitative estimate of drug-likeness (QED) is 0.671. The van der Waals surface area contributed by atoms with Gasteiger partial charge in [-0.15, -0.1) is 0 Å². The normalized spacial score (nSPS) is 11.7. The Morgan fingerprint density at radius 3 is 2.56 bits per heavy atom. The average Bonchev–Trinajstić information content (AvgIpc) is 2.61. The zero-order chi connectivity index (χ0) is 18.4. The summed E-state index contributed by atoms with van der Waals surface area (Å²) < 4.78 is 10.4. The molecule has 134 valence electrons. The summed E-state index contributed by atoms with van der Waals surface area (Å²) in [5.74, 6) is 1.09. The third-order valence-electron chi connectivity index (χ3n) is 3.93. The van der Waals surface area contributed by atoms with Crippen LogP contribution in [-0.2, 0) is 4.79 Å². The van der Waals surface area contributed by atoms with E-state index >= 15 is 0 Å². The number of aliphatic hydroxyl groups is 1. The molecule has 1 unspecified atom stereocenters. The maximum absolute atomic E-state index is 12.1. The molecule has 1 amide bonds. The number of phenols is 1. The molecule has 0 saturated carbocycles. The van der Waals surface area contributed by atoms with Gasteiger partial charge in [-0.3, -0.25) is 4.79 Å². The van der Waals surface area contributed by atoms with Crippen LogP contribution >= 0.6 is 0 Å². The number of phenolic OH excluding ortho intramolecular Hbond substituents is 1.